The van der Waals surface area contributed by atoms with E-state index in [0.717, 1.165) is 31.6 Å². The molecular formula is C34H56O4. The van der Waals surface area contributed by atoms with E-state index in [1.165, 1.54) is 62.5 Å². The van der Waals surface area contributed by atoms with Crippen LogP contribution in [0.15, 0.2) is 11.1 Å². The van der Waals surface area contributed by atoms with E-state index in [-0.39, 0.29) is 23.4 Å². The van der Waals surface area contributed by atoms with Crippen LogP contribution in [0, 0.1) is 39.4 Å². The first-order valence-electron chi connectivity index (χ1n) is 15.8. The number of carboxylic acids is 1. The molecule has 4 nitrogen and oxygen atoms in total. The van der Waals surface area contributed by atoms with Crippen LogP contribution in [-0.2, 0) is 14.3 Å². The lowest BCUT2D eigenvalue weighted by molar-refractivity contribution is -0.170. The van der Waals surface area contributed by atoms with Crippen molar-refractivity contribution in [3.63, 3.8) is 0 Å². The SMILES string of the molecule is CCC12CCC3C(C)(C)CCCC3(C)C1CC(=O)O2.CCC1=C(CC(=O)O)C2(C)CCCC(C)(C)C2CC1. The molecule has 6 unspecified atom stereocenters. The minimum absolute atomic E-state index is 0.0529. The first-order chi connectivity index (χ1) is 17.6. The van der Waals surface area contributed by atoms with Gasteiger partial charge in [0.2, 0.25) is 0 Å². The Kier molecular flexibility index (Phi) is 8.01. The summed E-state index contributed by atoms with van der Waals surface area (Å²) in [6.07, 6.45) is 15.2. The maximum Gasteiger partial charge on any atom is 0.307 e. The largest absolute Gasteiger partial charge is 0.481 e. The Labute approximate surface area is 232 Å². The molecule has 4 aliphatic carbocycles. The number of aliphatic carboxylic acids is 1. The van der Waals surface area contributed by atoms with Gasteiger partial charge in [0, 0.05) is 5.92 Å². The van der Waals surface area contributed by atoms with Gasteiger partial charge in [-0.1, -0.05) is 79.4 Å². The summed E-state index contributed by atoms with van der Waals surface area (Å²) in [4.78, 5) is 23.2. The Morgan fingerprint density at radius 3 is 2.11 bits per heavy atom. The van der Waals surface area contributed by atoms with Gasteiger partial charge in [0.05, 0.1) is 12.8 Å². The van der Waals surface area contributed by atoms with E-state index in [9.17, 15) is 14.7 Å². The molecule has 4 heteroatoms. The molecule has 38 heavy (non-hydrogen) atoms. The van der Waals surface area contributed by atoms with E-state index >= 15 is 0 Å². The van der Waals surface area contributed by atoms with E-state index in [1.54, 1.807) is 0 Å². The van der Waals surface area contributed by atoms with Gasteiger partial charge in [-0.2, -0.15) is 0 Å². The van der Waals surface area contributed by atoms with Crippen LogP contribution in [0.4, 0.5) is 0 Å². The van der Waals surface area contributed by atoms with Gasteiger partial charge >= 0.3 is 11.9 Å². The second-order valence-electron chi connectivity index (χ2n) is 15.4. The summed E-state index contributed by atoms with van der Waals surface area (Å²) >= 11 is 0. The normalized spacial score (nSPS) is 41.2. The van der Waals surface area contributed by atoms with Gasteiger partial charge in [0.1, 0.15) is 5.60 Å². The quantitative estimate of drug-likeness (QED) is 0.292. The van der Waals surface area contributed by atoms with Crippen LogP contribution in [-0.4, -0.2) is 22.6 Å². The number of rotatable bonds is 4. The lowest BCUT2D eigenvalue weighted by Gasteiger charge is -2.60. The average molecular weight is 529 g/mol. The molecular weight excluding hydrogens is 472 g/mol. The monoisotopic (exact) mass is 528 g/mol. The minimum atomic E-state index is -0.661. The van der Waals surface area contributed by atoms with Crippen LogP contribution in [0.3, 0.4) is 0 Å². The molecule has 4 fully saturated rings. The van der Waals surface area contributed by atoms with E-state index in [4.69, 9.17) is 4.74 Å². The third-order valence-electron chi connectivity index (χ3n) is 12.7. The van der Waals surface area contributed by atoms with Crippen LogP contribution in [0.1, 0.15) is 145 Å². The smallest absolute Gasteiger partial charge is 0.307 e. The molecule has 0 aromatic rings. The van der Waals surface area contributed by atoms with Crippen LogP contribution < -0.4 is 0 Å². The number of ether oxygens (including phenoxy) is 1. The van der Waals surface area contributed by atoms with Crippen molar-refractivity contribution >= 4 is 11.9 Å². The molecule has 0 bridgehead atoms. The van der Waals surface area contributed by atoms with Crippen molar-refractivity contribution in [1.82, 2.24) is 0 Å². The number of fused-ring (bicyclic) bond motifs is 4. The Morgan fingerprint density at radius 1 is 0.868 bits per heavy atom. The lowest BCUT2D eigenvalue weighted by atomic mass is 9.45. The van der Waals surface area contributed by atoms with Gasteiger partial charge in [-0.15, -0.1) is 0 Å². The zero-order valence-electron chi connectivity index (χ0n) is 25.8. The lowest BCUT2D eigenvalue weighted by Crippen LogP contribution is -2.56. The van der Waals surface area contributed by atoms with Gasteiger partial charge in [-0.3, -0.25) is 9.59 Å². The van der Waals surface area contributed by atoms with E-state index in [0.29, 0.717) is 34.5 Å². The van der Waals surface area contributed by atoms with Crippen molar-refractivity contribution in [3.05, 3.63) is 11.1 Å². The number of hydrogen-bond acceptors (Lipinski definition) is 3. The Bertz CT molecular complexity index is 960. The predicted octanol–water partition coefficient (Wildman–Crippen LogP) is 9.12. The second-order valence-corrected chi connectivity index (χ2v) is 15.4. The highest BCUT2D eigenvalue weighted by molar-refractivity contribution is 5.73. The van der Waals surface area contributed by atoms with Crippen molar-refractivity contribution in [2.24, 2.45) is 39.4 Å². The van der Waals surface area contributed by atoms with E-state index in [1.807, 2.05) is 0 Å². The molecule has 1 heterocycles. The van der Waals surface area contributed by atoms with Gasteiger partial charge < -0.3 is 9.84 Å². The Hall–Kier alpha value is -1.32. The van der Waals surface area contributed by atoms with E-state index in [2.05, 4.69) is 55.4 Å². The number of hydrogen-bond donors (Lipinski definition) is 1. The molecule has 0 aromatic carbocycles. The van der Waals surface area contributed by atoms with Crippen LogP contribution in [0.5, 0.6) is 0 Å². The predicted molar refractivity (Wildman–Crippen MR) is 154 cm³/mol. The fraction of sp³-hybridized carbons (Fsp3) is 0.882. The summed E-state index contributed by atoms with van der Waals surface area (Å²) in [5.74, 6) is 1.26. The number of carbonyl (C=O) groups excluding carboxylic acids is 1. The van der Waals surface area contributed by atoms with Crippen molar-refractivity contribution in [1.29, 1.82) is 0 Å². The summed E-state index contributed by atoms with van der Waals surface area (Å²) in [5.41, 5.74) is 3.79. The molecule has 1 aliphatic heterocycles. The molecule has 0 radical (unpaired) electrons. The molecule has 1 N–H and O–H groups in total. The van der Waals surface area contributed by atoms with Gasteiger partial charge in [0.15, 0.2) is 0 Å². The van der Waals surface area contributed by atoms with Crippen molar-refractivity contribution < 1.29 is 19.4 Å². The topological polar surface area (TPSA) is 63.6 Å². The van der Waals surface area contributed by atoms with Gasteiger partial charge in [-0.05, 0) is 97.7 Å². The molecule has 216 valence electrons. The zero-order valence-corrected chi connectivity index (χ0v) is 25.8. The minimum Gasteiger partial charge on any atom is -0.481 e. The van der Waals surface area contributed by atoms with Crippen molar-refractivity contribution in [2.75, 3.05) is 0 Å². The van der Waals surface area contributed by atoms with E-state index < -0.39 is 5.97 Å². The summed E-state index contributed by atoms with van der Waals surface area (Å²) in [5, 5.41) is 9.28. The zero-order chi connectivity index (χ0) is 28.1. The first-order valence-corrected chi connectivity index (χ1v) is 15.8. The summed E-state index contributed by atoms with van der Waals surface area (Å²) < 4.78 is 5.85. The van der Waals surface area contributed by atoms with Gasteiger partial charge in [-0.25, -0.2) is 0 Å². The van der Waals surface area contributed by atoms with Crippen LogP contribution >= 0.6 is 0 Å². The van der Waals surface area contributed by atoms with Crippen molar-refractivity contribution in [3.8, 4) is 0 Å². The molecule has 5 aliphatic rings. The molecule has 3 saturated carbocycles. The highest BCUT2D eigenvalue weighted by atomic mass is 16.6. The highest BCUT2D eigenvalue weighted by Crippen LogP contribution is 2.66. The van der Waals surface area contributed by atoms with Gasteiger partial charge in [0.25, 0.3) is 0 Å². The molecule has 5 rings (SSSR count). The Morgan fingerprint density at radius 2 is 1.50 bits per heavy atom. The molecule has 1 saturated heterocycles. The maximum absolute atomic E-state index is 11.9. The van der Waals surface area contributed by atoms with Crippen LogP contribution in [0.2, 0.25) is 0 Å². The molecule has 0 spiro atoms. The Balaban J connectivity index is 0.000000177. The molecule has 0 aromatic heterocycles. The summed E-state index contributed by atoms with van der Waals surface area (Å²) in [6.45, 7) is 18.8. The van der Waals surface area contributed by atoms with Crippen LogP contribution in [0.25, 0.3) is 0 Å². The maximum atomic E-state index is 11.9. The first kappa shape index (κ1) is 29.7. The summed E-state index contributed by atoms with van der Waals surface area (Å²) in [7, 11) is 0. The number of esters is 1. The average Bonchev–Trinajstić information content (AvgIpc) is 3.17. The number of allylic oxidation sites excluding steroid dienone is 1. The molecule has 0 amide bonds. The third-order valence-corrected chi connectivity index (χ3v) is 12.7. The second kappa shape index (κ2) is 10.3. The fourth-order valence-corrected chi connectivity index (χ4v) is 10.9. The number of carbonyl (C=O) groups is 2. The number of carboxylic acid groups (broad SMARTS) is 1. The molecule has 6 atom stereocenters. The summed E-state index contributed by atoms with van der Waals surface area (Å²) in [6, 6.07) is 0. The highest BCUT2D eigenvalue weighted by Gasteiger charge is 2.63. The van der Waals surface area contributed by atoms with Crippen molar-refractivity contribution in [2.45, 2.75) is 151 Å². The fourth-order valence-electron chi connectivity index (χ4n) is 10.9. The standard InChI is InChI=1S/2C17H28O2/c1-5-17-10-7-12-15(2,3)8-6-9-16(12,4)13(17)11-14(18)19-17;1-5-12-7-8-14-16(2,3)9-6-10-17(14,4)13(12)11-15(18)19/h12-13H,5-11H2,1-4H3;14H,5-11H2,1-4H3,(H,18,19). The third kappa shape index (κ3) is 4.89.